The topological polar surface area (TPSA) is 24.9 Å². The van der Waals surface area contributed by atoms with E-state index in [0.29, 0.717) is 0 Å². The van der Waals surface area contributed by atoms with Crippen molar-refractivity contribution in [3.05, 3.63) is 16.6 Å². The van der Waals surface area contributed by atoms with Gasteiger partial charge in [-0.25, -0.2) is 0 Å². The van der Waals surface area contributed by atoms with E-state index in [4.69, 9.17) is 0 Å². The highest BCUT2D eigenvalue weighted by Crippen LogP contribution is 2.04. The maximum absolute atomic E-state index is 4.00. The Balaban J connectivity index is 0.00000121. The summed E-state index contributed by atoms with van der Waals surface area (Å²) in [6.45, 7) is 6.46. The molecule has 1 aromatic heterocycles. The van der Waals surface area contributed by atoms with Crippen LogP contribution in [0.3, 0.4) is 0 Å². The molecule has 0 saturated heterocycles. The van der Waals surface area contributed by atoms with E-state index in [-0.39, 0.29) is 12.4 Å². The lowest BCUT2D eigenvalue weighted by molar-refractivity contribution is 0.554. The SMILES string of the molecule is CC(C)CNCc1cncs1.Cl. The van der Waals surface area contributed by atoms with Crippen LogP contribution in [-0.2, 0) is 6.54 Å². The zero-order chi connectivity index (χ0) is 8.10. The molecule has 1 N–H and O–H groups in total. The summed E-state index contributed by atoms with van der Waals surface area (Å²) in [7, 11) is 0. The Kier molecular flexibility index (Phi) is 6.34. The summed E-state index contributed by atoms with van der Waals surface area (Å²) in [6.07, 6.45) is 1.91. The monoisotopic (exact) mass is 206 g/mol. The van der Waals surface area contributed by atoms with Gasteiger partial charge in [0.15, 0.2) is 0 Å². The first kappa shape index (κ1) is 11.9. The van der Waals surface area contributed by atoms with Gasteiger partial charge >= 0.3 is 0 Å². The van der Waals surface area contributed by atoms with Gasteiger partial charge in [-0.3, -0.25) is 4.98 Å². The van der Waals surface area contributed by atoms with Crippen LogP contribution in [0.5, 0.6) is 0 Å². The van der Waals surface area contributed by atoms with Crippen LogP contribution >= 0.6 is 23.7 Å². The molecule has 0 unspecified atom stereocenters. The lowest BCUT2D eigenvalue weighted by atomic mass is 10.2. The molecule has 0 amide bonds. The van der Waals surface area contributed by atoms with Crippen molar-refractivity contribution in [2.45, 2.75) is 20.4 Å². The summed E-state index contributed by atoms with van der Waals surface area (Å²) < 4.78 is 0. The molecule has 0 radical (unpaired) electrons. The molecule has 12 heavy (non-hydrogen) atoms. The molecule has 70 valence electrons. The van der Waals surface area contributed by atoms with Gasteiger partial charge in [0, 0.05) is 17.6 Å². The Morgan fingerprint density at radius 3 is 2.83 bits per heavy atom. The largest absolute Gasteiger partial charge is 0.312 e. The summed E-state index contributed by atoms with van der Waals surface area (Å²) in [4.78, 5) is 5.31. The van der Waals surface area contributed by atoms with E-state index in [2.05, 4.69) is 24.1 Å². The fraction of sp³-hybridized carbons (Fsp3) is 0.625. The van der Waals surface area contributed by atoms with E-state index in [0.717, 1.165) is 19.0 Å². The average molecular weight is 207 g/mol. The molecule has 0 aliphatic carbocycles. The fourth-order valence-corrected chi connectivity index (χ4v) is 1.38. The third-order valence-electron chi connectivity index (χ3n) is 1.34. The fourth-order valence-electron chi connectivity index (χ4n) is 0.813. The second-order valence-corrected chi connectivity index (χ2v) is 3.96. The second-order valence-electron chi connectivity index (χ2n) is 2.99. The number of hydrogen-bond acceptors (Lipinski definition) is 3. The van der Waals surface area contributed by atoms with Crippen molar-refractivity contribution in [2.24, 2.45) is 5.92 Å². The molecule has 0 aromatic carbocycles. The van der Waals surface area contributed by atoms with Crippen LogP contribution in [-0.4, -0.2) is 11.5 Å². The average Bonchev–Trinajstić information content (AvgIpc) is 2.39. The molecule has 1 aromatic rings. The van der Waals surface area contributed by atoms with Crippen LogP contribution in [0.2, 0.25) is 0 Å². The Bertz CT molecular complexity index is 187. The Hall–Kier alpha value is -0.120. The highest BCUT2D eigenvalue weighted by molar-refractivity contribution is 7.09. The summed E-state index contributed by atoms with van der Waals surface area (Å²) in [6, 6.07) is 0. The van der Waals surface area contributed by atoms with Crippen LogP contribution in [0.4, 0.5) is 0 Å². The lowest BCUT2D eigenvalue weighted by Gasteiger charge is -2.04. The molecular formula is C8H15ClN2S. The predicted octanol–water partition coefficient (Wildman–Crippen LogP) is 2.31. The molecular weight excluding hydrogens is 192 g/mol. The molecule has 0 aliphatic rings. The summed E-state index contributed by atoms with van der Waals surface area (Å²) in [5, 5.41) is 3.36. The highest BCUT2D eigenvalue weighted by atomic mass is 35.5. The van der Waals surface area contributed by atoms with Crippen LogP contribution in [0.25, 0.3) is 0 Å². The van der Waals surface area contributed by atoms with Gasteiger partial charge in [0.05, 0.1) is 5.51 Å². The number of rotatable bonds is 4. The van der Waals surface area contributed by atoms with E-state index in [1.165, 1.54) is 4.88 Å². The minimum absolute atomic E-state index is 0. The minimum atomic E-state index is 0. The standard InChI is InChI=1S/C8H14N2S.ClH/c1-7(2)3-9-4-8-5-10-6-11-8;/h5-7,9H,3-4H2,1-2H3;1H. The van der Waals surface area contributed by atoms with Gasteiger partial charge in [-0.15, -0.1) is 23.7 Å². The quantitative estimate of drug-likeness (QED) is 0.818. The molecule has 4 heteroatoms. The van der Waals surface area contributed by atoms with Crippen molar-refractivity contribution >= 4 is 23.7 Å². The van der Waals surface area contributed by atoms with Crippen LogP contribution in [0.15, 0.2) is 11.7 Å². The summed E-state index contributed by atoms with van der Waals surface area (Å²) >= 11 is 1.70. The maximum Gasteiger partial charge on any atom is 0.0794 e. The van der Waals surface area contributed by atoms with E-state index in [1.54, 1.807) is 11.3 Å². The van der Waals surface area contributed by atoms with Gasteiger partial charge in [0.1, 0.15) is 0 Å². The van der Waals surface area contributed by atoms with Crippen LogP contribution in [0.1, 0.15) is 18.7 Å². The Labute approximate surface area is 83.8 Å². The minimum Gasteiger partial charge on any atom is -0.312 e. The smallest absolute Gasteiger partial charge is 0.0794 e. The van der Waals surface area contributed by atoms with Gasteiger partial charge in [-0.2, -0.15) is 0 Å². The molecule has 0 saturated carbocycles. The van der Waals surface area contributed by atoms with E-state index in [1.807, 2.05) is 11.7 Å². The van der Waals surface area contributed by atoms with Crippen molar-refractivity contribution in [3.63, 3.8) is 0 Å². The molecule has 2 nitrogen and oxygen atoms in total. The Morgan fingerprint density at radius 1 is 1.58 bits per heavy atom. The molecule has 0 atom stereocenters. The predicted molar refractivity (Wildman–Crippen MR) is 55.9 cm³/mol. The molecule has 0 fully saturated rings. The summed E-state index contributed by atoms with van der Waals surface area (Å²) in [5.41, 5.74) is 1.87. The second kappa shape index (κ2) is 6.40. The van der Waals surface area contributed by atoms with Gasteiger partial charge in [-0.1, -0.05) is 13.8 Å². The van der Waals surface area contributed by atoms with Gasteiger partial charge in [-0.05, 0) is 12.5 Å². The Morgan fingerprint density at radius 2 is 2.33 bits per heavy atom. The van der Waals surface area contributed by atoms with Crippen molar-refractivity contribution in [2.75, 3.05) is 6.54 Å². The number of hydrogen-bond donors (Lipinski definition) is 1. The third-order valence-corrected chi connectivity index (χ3v) is 2.11. The van der Waals surface area contributed by atoms with Crippen molar-refractivity contribution in [1.29, 1.82) is 0 Å². The first-order valence-corrected chi connectivity index (χ1v) is 4.75. The van der Waals surface area contributed by atoms with Crippen molar-refractivity contribution in [3.8, 4) is 0 Å². The van der Waals surface area contributed by atoms with Crippen LogP contribution in [0, 0.1) is 5.92 Å². The zero-order valence-corrected chi connectivity index (χ0v) is 9.04. The number of aromatic nitrogens is 1. The van der Waals surface area contributed by atoms with Crippen LogP contribution < -0.4 is 5.32 Å². The molecule has 0 aliphatic heterocycles. The van der Waals surface area contributed by atoms with E-state index < -0.39 is 0 Å². The number of halogens is 1. The first-order chi connectivity index (χ1) is 5.29. The van der Waals surface area contributed by atoms with Crippen molar-refractivity contribution < 1.29 is 0 Å². The normalized spacial score (nSPS) is 9.92. The van der Waals surface area contributed by atoms with Crippen molar-refractivity contribution in [1.82, 2.24) is 10.3 Å². The number of nitrogens with zero attached hydrogens (tertiary/aromatic N) is 1. The lowest BCUT2D eigenvalue weighted by Crippen LogP contribution is -2.18. The zero-order valence-electron chi connectivity index (χ0n) is 7.41. The molecule has 0 bridgehead atoms. The van der Waals surface area contributed by atoms with Gasteiger partial charge in [0.2, 0.25) is 0 Å². The number of nitrogens with one attached hydrogen (secondary N) is 1. The molecule has 0 spiro atoms. The van der Waals surface area contributed by atoms with Gasteiger partial charge < -0.3 is 5.32 Å². The summed E-state index contributed by atoms with van der Waals surface area (Å²) in [5.74, 6) is 0.725. The highest BCUT2D eigenvalue weighted by Gasteiger charge is 1.94. The molecule has 1 rings (SSSR count). The third kappa shape index (κ3) is 4.70. The van der Waals surface area contributed by atoms with E-state index >= 15 is 0 Å². The molecule has 1 heterocycles. The van der Waals surface area contributed by atoms with Gasteiger partial charge in [0.25, 0.3) is 0 Å². The first-order valence-electron chi connectivity index (χ1n) is 3.87. The van der Waals surface area contributed by atoms with E-state index in [9.17, 15) is 0 Å². The maximum atomic E-state index is 4.00. The number of thiazole rings is 1.